The Bertz CT molecular complexity index is 906. The molecule has 29 heavy (non-hydrogen) atoms. The van der Waals surface area contributed by atoms with Crippen LogP contribution in [0.4, 0.5) is 16.2 Å². The zero-order chi connectivity index (χ0) is 19.8. The van der Waals surface area contributed by atoms with Crippen LogP contribution in [0.15, 0.2) is 30.3 Å². The number of nitrogens with one attached hydrogen (secondary N) is 1. The van der Waals surface area contributed by atoms with Gasteiger partial charge in [0, 0.05) is 50.1 Å². The zero-order valence-electron chi connectivity index (χ0n) is 16.6. The highest BCUT2D eigenvalue weighted by molar-refractivity contribution is 5.93. The standard InChI is InChI=1S/C22H25N3O4/c1-27-18-5-3-2-4-17(18)24-8-10-25(11-9-24)22(26)23-20-16-7-13-28-19(16)14-15-6-12-29-21(15)20/h2-5,14H,6-13H2,1H3,(H,23,26). The van der Waals surface area contributed by atoms with Gasteiger partial charge in [-0.15, -0.1) is 0 Å². The van der Waals surface area contributed by atoms with Crippen molar-refractivity contribution in [3.05, 3.63) is 41.5 Å². The van der Waals surface area contributed by atoms with Crippen LogP contribution < -0.4 is 24.4 Å². The molecule has 0 bridgehead atoms. The highest BCUT2D eigenvalue weighted by Crippen LogP contribution is 2.44. The average molecular weight is 395 g/mol. The number of anilines is 2. The van der Waals surface area contributed by atoms with E-state index in [1.807, 2.05) is 23.1 Å². The first-order valence-electron chi connectivity index (χ1n) is 10.1. The van der Waals surface area contributed by atoms with Crippen LogP contribution >= 0.6 is 0 Å². The first-order chi connectivity index (χ1) is 14.2. The van der Waals surface area contributed by atoms with Crippen molar-refractivity contribution >= 4 is 17.4 Å². The van der Waals surface area contributed by atoms with Gasteiger partial charge in [0.2, 0.25) is 0 Å². The molecule has 0 spiro atoms. The van der Waals surface area contributed by atoms with Crippen molar-refractivity contribution in [1.82, 2.24) is 4.90 Å². The molecule has 1 saturated heterocycles. The summed E-state index contributed by atoms with van der Waals surface area (Å²) >= 11 is 0. The molecule has 7 nitrogen and oxygen atoms in total. The van der Waals surface area contributed by atoms with E-state index in [0.717, 1.165) is 65.7 Å². The van der Waals surface area contributed by atoms with E-state index in [-0.39, 0.29) is 6.03 Å². The highest BCUT2D eigenvalue weighted by atomic mass is 16.5. The van der Waals surface area contributed by atoms with Gasteiger partial charge >= 0.3 is 6.03 Å². The maximum Gasteiger partial charge on any atom is 0.322 e. The molecule has 3 aliphatic rings. The van der Waals surface area contributed by atoms with E-state index in [9.17, 15) is 4.79 Å². The lowest BCUT2D eigenvalue weighted by Crippen LogP contribution is -2.50. The van der Waals surface area contributed by atoms with Crippen LogP contribution in [0, 0.1) is 0 Å². The van der Waals surface area contributed by atoms with Crippen molar-refractivity contribution in [2.24, 2.45) is 0 Å². The molecule has 2 aromatic rings. The number of hydrogen-bond acceptors (Lipinski definition) is 5. The SMILES string of the molecule is COc1ccccc1N1CCN(C(=O)Nc2c3c(cc4c2OCC4)OCC3)CC1. The van der Waals surface area contributed by atoms with Gasteiger partial charge in [0.15, 0.2) is 0 Å². The number of rotatable bonds is 3. The van der Waals surface area contributed by atoms with Crippen LogP contribution in [0.2, 0.25) is 0 Å². The summed E-state index contributed by atoms with van der Waals surface area (Å²) in [6.45, 7) is 4.13. The number of piperazine rings is 1. The molecule has 3 heterocycles. The highest BCUT2D eigenvalue weighted by Gasteiger charge is 2.29. The van der Waals surface area contributed by atoms with E-state index < -0.39 is 0 Å². The second-order valence-corrected chi connectivity index (χ2v) is 7.49. The summed E-state index contributed by atoms with van der Waals surface area (Å²) < 4.78 is 17.0. The normalized spacial score (nSPS) is 17.3. The third-order valence-electron chi connectivity index (χ3n) is 5.88. The van der Waals surface area contributed by atoms with Gasteiger partial charge in [-0.25, -0.2) is 4.79 Å². The van der Waals surface area contributed by atoms with E-state index in [2.05, 4.69) is 22.3 Å². The summed E-state index contributed by atoms with van der Waals surface area (Å²) in [6, 6.07) is 9.98. The number of nitrogens with zero attached hydrogens (tertiary/aromatic N) is 2. The molecule has 5 rings (SSSR count). The van der Waals surface area contributed by atoms with Crippen molar-refractivity contribution in [2.45, 2.75) is 12.8 Å². The van der Waals surface area contributed by atoms with Crippen molar-refractivity contribution in [2.75, 3.05) is 56.7 Å². The van der Waals surface area contributed by atoms with E-state index in [0.29, 0.717) is 26.3 Å². The Morgan fingerprint density at radius 3 is 2.69 bits per heavy atom. The van der Waals surface area contributed by atoms with Gasteiger partial charge in [-0.1, -0.05) is 12.1 Å². The Balaban J connectivity index is 1.29. The van der Waals surface area contributed by atoms with Crippen LogP contribution in [0.1, 0.15) is 11.1 Å². The molecule has 0 radical (unpaired) electrons. The number of carbonyl (C=O) groups excluding carboxylic acids is 1. The van der Waals surface area contributed by atoms with Crippen LogP contribution in [-0.4, -0.2) is 57.4 Å². The van der Waals surface area contributed by atoms with Crippen LogP contribution in [0.5, 0.6) is 17.2 Å². The molecule has 0 unspecified atom stereocenters. The third-order valence-corrected chi connectivity index (χ3v) is 5.88. The number of para-hydroxylation sites is 2. The maximum atomic E-state index is 13.0. The lowest BCUT2D eigenvalue weighted by atomic mass is 10.0. The fourth-order valence-corrected chi connectivity index (χ4v) is 4.35. The molecule has 0 atom stereocenters. The maximum absolute atomic E-state index is 13.0. The lowest BCUT2D eigenvalue weighted by Gasteiger charge is -2.36. The summed E-state index contributed by atoms with van der Waals surface area (Å²) in [4.78, 5) is 17.1. The molecule has 0 aliphatic carbocycles. The number of fused-ring (bicyclic) bond motifs is 2. The molecular formula is C22H25N3O4. The molecule has 3 aliphatic heterocycles. The second-order valence-electron chi connectivity index (χ2n) is 7.49. The summed E-state index contributed by atoms with van der Waals surface area (Å²) in [5, 5.41) is 3.13. The Hall–Kier alpha value is -3.09. The summed E-state index contributed by atoms with van der Waals surface area (Å²) in [7, 11) is 1.69. The minimum absolute atomic E-state index is 0.0809. The van der Waals surface area contributed by atoms with Crippen LogP contribution in [0.3, 0.4) is 0 Å². The van der Waals surface area contributed by atoms with Crippen LogP contribution in [-0.2, 0) is 12.8 Å². The Morgan fingerprint density at radius 2 is 1.86 bits per heavy atom. The number of methoxy groups -OCH3 is 1. The number of ether oxygens (including phenoxy) is 3. The Kier molecular flexibility index (Phi) is 4.58. The smallest absolute Gasteiger partial charge is 0.322 e. The van der Waals surface area contributed by atoms with E-state index in [4.69, 9.17) is 14.2 Å². The van der Waals surface area contributed by atoms with Crippen molar-refractivity contribution in [3.63, 3.8) is 0 Å². The predicted molar refractivity (Wildman–Crippen MR) is 111 cm³/mol. The number of benzene rings is 2. The van der Waals surface area contributed by atoms with Gasteiger partial charge in [0.05, 0.1) is 31.7 Å². The fraction of sp³-hybridized carbons (Fsp3) is 0.409. The van der Waals surface area contributed by atoms with E-state index in [1.165, 1.54) is 0 Å². The Morgan fingerprint density at radius 1 is 1.07 bits per heavy atom. The first-order valence-corrected chi connectivity index (χ1v) is 10.1. The number of carbonyl (C=O) groups is 1. The predicted octanol–water partition coefficient (Wildman–Crippen LogP) is 2.92. The van der Waals surface area contributed by atoms with Gasteiger partial charge in [0.25, 0.3) is 0 Å². The summed E-state index contributed by atoms with van der Waals surface area (Å²) in [5.74, 6) is 2.55. The number of amides is 2. The minimum Gasteiger partial charge on any atom is -0.495 e. The van der Waals surface area contributed by atoms with E-state index >= 15 is 0 Å². The molecule has 2 amide bonds. The quantitative estimate of drug-likeness (QED) is 0.866. The van der Waals surface area contributed by atoms with Gasteiger partial charge in [-0.05, 0) is 18.2 Å². The summed E-state index contributed by atoms with van der Waals surface area (Å²) in [5.41, 5.74) is 4.03. The molecular weight excluding hydrogens is 370 g/mol. The number of urea groups is 1. The van der Waals surface area contributed by atoms with Gasteiger partial charge in [-0.3, -0.25) is 0 Å². The van der Waals surface area contributed by atoms with Crippen molar-refractivity contribution in [3.8, 4) is 17.2 Å². The average Bonchev–Trinajstić information content (AvgIpc) is 3.43. The molecule has 152 valence electrons. The Labute approximate surface area is 170 Å². The monoisotopic (exact) mass is 395 g/mol. The zero-order valence-corrected chi connectivity index (χ0v) is 16.6. The molecule has 0 saturated carbocycles. The second kappa shape index (κ2) is 7.39. The first kappa shape index (κ1) is 18.0. The minimum atomic E-state index is -0.0809. The molecule has 7 heteroatoms. The van der Waals surface area contributed by atoms with Crippen molar-refractivity contribution in [1.29, 1.82) is 0 Å². The van der Waals surface area contributed by atoms with Crippen molar-refractivity contribution < 1.29 is 19.0 Å². The molecule has 1 fully saturated rings. The van der Waals surface area contributed by atoms with Crippen LogP contribution in [0.25, 0.3) is 0 Å². The van der Waals surface area contributed by atoms with E-state index in [1.54, 1.807) is 7.11 Å². The largest absolute Gasteiger partial charge is 0.495 e. The van der Waals surface area contributed by atoms with Gasteiger partial charge in [-0.2, -0.15) is 0 Å². The molecule has 1 N–H and O–H groups in total. The topological polar surface area (TPSA) is 63.3 Å². The molecule has 2 aromatic carbocycles. The number of hydrogen-bond donors (Lipinski definition) is 1. The lowest BCUT2D eigenvalue weighted by molar-refractivity contribution is 0.208. The summed E-state index contributed by atoms with van der Waals surface area (Å²) in [6.07, 6.45) is 1.65. The fourth-order valence-electron chi connectivity index (χ4n) is 4.35. The third kappa shape index (κ3) is 3.20. The van der Waals surface area contributed by atoms with Gasteiger partial charge < -0.3 is 29.3 Å². The molecule has 0 aromatic heterocycles. The van der Waals surface area contributed by atoms with Gasteiger partial charge in [0.1, 0.15) is 17.2 Å².